The molecule has 0 bridgehead atoms. The molecule has 3 rings (SSSR count). The van der Waals surface area contributed by atoms with Crippen LogP contribution in [0.2, 0.25) is 0 Å². The fourth-order valence-corrected chi connectivity index (χ4v) is 4.57. The Bertz CT molecular complexity index is 731. The third-order valence-electron chi connectivity index (χ3n) is 4.86. The summed E-state index contributed by atoms with van der Waals surface area (Å²) in [7, 11) is 1.41. The van der Waals surface area contributed by atoms with Gasteiger partial charge in [-0.15, -0.1) is 11.3 Å². The number of esters is 1. The SMILES string of the molecule is CCc1ccc(-c2c(CN3CCCCC3)sc(N)c2C(=O)OC)cc1. The number of hydrogen-bond acceptors (Lipinski definition) is 5. The van der Waals surface area contributed by atoms with Crippen molar-refractivity contribution in [3.05, 3.63) is 40.3 Å². The number of ether oxygens (including phenoxy) is 1. The highest BCUT2D eigenvalue weighted by Crippen LogP contribution is 2.40. The van der Waals surface area contributed by atoms with Crippen LogP contribution in [-0.4, -0.2) is 31.1 Å². The van der Waals surface area contributed by atoms with Crippen LogP contribution in [0.1, 0.15) is 47.0 Å². The van der Waals surface area contributed by atoms with Crippen LogP contribution >= 0.6 is 11.3 Å². The molecule has 0 unspecified atom stereocenters. The molecular formula is C20H26N2O2S. The Labute approximate surface area is 153 Å². The zero-order chi connectivity index (χ0) is 17.8. The van der Waals surface area contributed by atoms with Gasteiger partial charge in [0.15, 0.2) is 0 Å². The fourth-order valence-electron chi connectivity index (χ4n) is 3.45. The summed E-state index contributed by atoms with van der Waals surface area (Å²) >= 11 is 1.52. The zero-order valence-corrected chi connectivity index (χ0v) is 15.8. The summed E-state index contributed by atoms with van der Waals surface area (Å²) in [6, 6.07) is 8.42. The van der Waals surface area contributed by atoms with E-state index in [0.29, 0.717) is 10.6 Å². The van der Waals surface area contributed by atoms with E-state index in [1.54, 1.807) is 0 Å². The standard InChI is InChI=1S/C20H26N2O2S/c1-3-14-7-9-15(10-8-14)17-16(13-22-11-5-4-6-12-22)25-19(21)18(17)20(23)24-2/h7-10H,3-6,11-13,21H2,1-2H3. The van der Waals surface area contributed by atoms with Crippen molar-refractivity contribution in [2.75, 3.05) is 25.9 Å². The number of carbonyl (C=O) groups excluding carboxylic acids is 1. The third kappa shape index (κ3) is 3.88. The summed E-state index contributed by atoms with van der Waals surface area (Å²) in [6.07, 6.45) is 4.79. The first-order valence-electron chi connectivity index (χ1n) is 8.95. The first-order valence-corrected chi connectivity index (χ1v) is 9.76. The lowest BCUT2D eigenvalue weighted by atomic mass is 9.98. The van der Waals surface area contributed by atoms with Crippen LogP contribution in [0.5, 0.6) is 0 Å². The van der Waals surface area contributed by atoms with Crippen LogP contribution in [0.25, 0.3) is 11.1 Å². The van der Waals surface area contributed by atoms with Gasteiger partial charge in [0.2, 0.25) is 0 Å². The number of thiophene rings is 1. The Morgan fingerprint density at radius 1 is 1.20 bits per heavy atom. The maximum Gasteiger partial charge on any atom is 0.341 e. The second-order valence-corrected chi connectivity index (χ2v) is 7.66. The molecule has 1 fully saturated rings. The summed E-state index contributed by atoms with van der Waals surface area (Å²) < 4.78 is 5.00. The average molecular weight is 359 g/mol. The number of benzene rings is 1. The van der Waals surface area contributed by atoms with Crippen LogP contribution in [-0.2, 0) is 17.7 Å². The highest BCUT2D eigenvalue weighted by atomic mass is 32.1. The van der Waals surface area contributed by atoms with E-state index in [2.05, 4.69) is 36.1 Å². The quantitative estimate of drug-likeness (QED) is 0.808. The Morgan fingerprint density at radius 2 is 1.88 bits per heavy atom. The Kier molecular flexibility index (Phi) is 5.76. The zero-order valence-electron chi connectivity index (χ0n) is 15.0. The number of piperidine rings is 1. The molecule has 5 heteroatoms. The van der Waals surface area contributed by atoms with E-state index >= 15 is 0 Å². The molecule has 1 saturated heterocycles. The molecule has 0 radical (unpaired) electrons. The van der Waals surface area contributed by atoms with E-state index < -0.39 is 0 Å². The molecule has 4 nitrogen and oxygen atoms in total. The number of nitrogen functional groups attached to an aromatic ring is 1. The molecule has 1 aromatic heterocycles. The van der Waals surface area contributed by atoms with Gasteiger partial charge in [-0.25, -0.2) is 4.79 Å². The summed E-state index contributed by atoms with van der Waals surface area (Å²) in [4.78, 5) is 16.0. The van der Waals surface area contributed by atoms with Gasteiger partial charge in [0.1, 0.15) is 10.6 Å². The van der Waals surface area contributed by atoms with Crippen molar-refractivity contribution in [1.82, 2.24) is 4.90 Å². The van der Waals surface area contributed by atoms with E-state index in [4.69, 9.17) is 10.5 Å². The van der Waals surface area contributed by atoms with Crippen molar-refractivity contribution in [3.8, 4) is 11.1 Å². The molecule has 0 saturated carbocycles. The fraction of sp³-hybridized carbons (Fsp3) is 0.450. The lowest BCUT2D eigenvalue weighted by molar-refractivity contribution is 0.0603. The number of rotatable bonds is 5. The molecule has 1 aliphatic heterocycles. The highest BCUT2D eigenvalue weighted by molar-refractivity contribution is 7.17. The lowest BCUT2D eigenvalue weighted by Gasteiger charge is -2.26. The van der Waals surface area contributed by atoms with Gasteiger partial charge in [0.25, 0.3) is 0 Å². The molecule has 0 aliphatic carbocycles. The molecular weight excluding hydrogens is 332 g/mol. The number of carbonyl (C=O) groups is 1. The second-order valence-electron chi connectivity index (χ2n) is 6.52. The van der Waals surface area contributed by atoms with Crippen LogP contribution in [0, 0.1) is 0 Å². The van der Waals surface area contributed by atoms with Gasteiger partial charge in [-0.05, 0) is 43.5 Å². The topological polar surface area (TPSA) is 55.6 Å². The number of likely N-dealkylation sites (tertiary alicyclic amines) is 1. The maximum absolute atomic E-state index is 12.3. The first kappa shape index (κ1) is 18.0. The number of hydrogen-bond donors (Lipinski definition) is 1. The highest BCUT2D eigenvalue weighted by Gasteiger charge is 2.25. The predicted molar refractivity (Wildman–Crippen MR) is 104 cm³/mol. The van der Waals surface area contributed by atoms with Gasteiger partial charge < -0.3 is 10.5 Å². The average Bonchev–Trinajstić information content (AvgIpc) is 2.97. The van der Waals surface area contributed by atoms with Crippen LogP contribution in [0.4, 0.5) is 5.00 Å². The van der Waals surface area contributed by atoms with Gasteiger partial charge in [0.05, 0.1) is 7.11 Å². The Balaban J connectivity index is 2.02. The van der Waals surface area contributed by atoms with Gasteiger partial charge >= 0.3 is 5.97 Å². The first-order chi connectivity index (χ1) is 12.1. The minimum absolute atomic E-state index is 0.354. The summed E-state index contributed by atoms with van der Waals surface area (Å²) in [6.45, 7) is 5.20. The largest absolute Gasteiger partial charge is 0.465 e. The molecule has 0 amide bonds. The monoisotopic (exact) mass is 358 g/mol. The second kappa shape index (κ2) is 8.02. The third-order valence-corrected chi connectivity index (χ3v) is 5.87. The van der Waals surface area contributed by atoms with E-state index in [0.717, 1.165) is 42.1 Å². The van der Waals surface area contributed by atoms with Gasteiger partial charge in [0, 0.05) is 17.0 Å². The number of methoxy groups -OCH3 is 1. The van der Waals surface area contributed by atoms with Crippen molar-refractivity contribution in [3.63, 3.8) is 0 Å². The van der Waals surface area contributed by atoms with E-state index in [9.17, 15) is 4.79 Å². The Morgan fingerprint density at radius 3 is 2.48 bits per heavy atom. The predicted octanol–water partition coefficient (Wildman–Crippen LogP) is 4.33. The summed E-state index contributed by atoms with van der Waals surface area (Å²) in [5.41, 5.74) is 10.0. The lowest BCUT2D eigenvalue weighted by Crippen LogP contribution is -2.28. The van der Waals surface area contributed by atoms with Gasteiger partial charge in [-0.3, -0.25) is 4.90 Å². The van der Waals surface area contributed by atoms with E-state index in [1.165, 1.54) is 43.3 Å². The molecule has 2 N–H and O–H groups in total. The van der Waals surface area contributed by atoms with Crippen LogP contribution in [0.15, 0.2) is 24.3 Å². The molecule has 25 heavy (non-hydrogen) atoms. The molecule has 0 atom stereocenters. The van der Waals surface area contributed by atoms with Crippen molar-refractivity contribution >= 4 is 22.3 Å². The maximum atomic E-state index is 12.3. The normalized spacial score (nSPS) is 15.3. The number of aryl methyl sites for hydroxylation is 1. The summed E-state index contributed by atoms with van der Waals surface area (Å²) in [5.74, 6) is -0.354. The van der Waals surface area contributed by atoms with Gasteiger partial charge in [-0.2, -0.15) is 0 Å². The molecule has 2 heterocycles. The minimum Gasteiger partial charge on any atom is -0.465 e. The van der Waals surface area contributed by atoms with E-state index in [-0.39, 0.29) is 5.97 Å². The molecule has 0 spiro atoms. The van der Waals surface area contributed by atoms with Crippen LogP contribution in [0.3, 0.4) is 0 Å². The number of nitrogens with two attached hydrogens (primary N) is 1. The smallest absolute Gasteiger partial charge is 0.341 e. The van der Waals surface area contributed by atoms with Crippen molar-refractivity contribution in [1.29, 1.82) is 0 Å². The van der Waals surface area contributed by atoms with Crippen LogP contribution < -0.4 is 5.73 Å². The number of anilines is 1. The van der Waals surface area contributed by atoms with Gasteiger partial charge in [-0.1, -0.05) is 37.6 Å². The Hall–Kier alpha value is -1.85. The molecule has 134 valence electrons. The minimum atomic E-state index is -0.354. The van der Waals surface area contributed by atoms with Crippen molar-refractivity contribution < 1.29 is 9.53 Å². The number of nitrogens with zero attached hydrogens (tertiary/aromatic N) is 1. The molecule has 1 aliphatic rings. The van der Waals surface area contributed by atoms with E-state index in [1.807, 2.05) is 0 Å². The summed E-state index contributed by atoms with van der Waals surface area (Å²) in [5, 5.41) is 0.549. The van der Waals surface area contributed by atoms with Crippen molar-refractivity contribution in [2.24, 2.45) is 0 Å². The molecule has 1 aromatic carbocycles. The van der Waals surface area contributed by atoms with Crippen molar-refractivity contribution in [2.45, 2.75) is 39.2 Å². The molecule has 2 aromatic rings.